The zero-order chi connectivity index (χ0) is 8.32. The SMILES string of the molecule is O.O=S(=O)(OO)c1ccccc1.[CaH2]. The van der Waals surface area contributed by atoms with Crippen LogP contribution in [0.3, 0.4) is 0 Å². The number of hydrogen-bond donors (Lipinski definition) is 1. The molecule has 0 fully saturated rings. The van der Waals surface area contributed by atoms with Crippen LogP contribution >= 0.6 is 0 Å². The summed E-state index contributed by atoms with van der Waals surface area (Å²) in [5.41, 5.74) is 0. The minimum atomic E-state index is -3.94. The van der Waals surface area contributed by atoms with Gasteiger partial charge < -0.3 is 5.48 Å². The van der Waals surface area contributed by atoms with E-state index in [1.807, 2.05) is 0 Å². The second kappa shape index (κ2) is 6.72. The van der Waals surface area contributed by atoms with E-state index in [4.69, 9.17) is 5.26 Å². The van der Waals surface area contributed by atoms with Gasteiger partial charge in [-0.3, -0.25) is 0 Å². The van der Waals surface area contributed by atoms with Crippen molar-refractivity contribution in [3.8, 4) is 0 Å². The van der Waals surface area contributed by atoms with Crippen LogP contribution in [-0.2, 0) is 14.5 Å². The molecule has 1 rings (SSSR count). The summed E-state index contributed by atoms with van der Waals surface area (Å²) in [5, 5.41) is 7.96. The van der Waals surface area contributed by atoms with Gasteiger partial charge in [-0.15, -0.1) is 4.33 Å². The summed E-state index contributed by atoms with van der Waals surface area (Å²) in [7, 11) is -3.94. The van der Waals surface area contributed by atoms with Crippen molar-refractivity contribution in [1.29, 1.82) is 0 Å². The molecule has 0 radical (unpaired) electrons. The molecule has 13 heavy (non-hydrogen) atoms. The molecule has 5 nitrogen and oxygen atoms in total. The molecular weight excluding hydrogens is 224 g/mol. The van der Waals surface area contributed by atoms with Crippen molar-refractivity contribution < 1.29 is 23.5 Å². The van der Waals surface area contributed by atoms with E-state index in [-0.39, 0.29) is 48.1 Å². The molecule has 0 saturated carbocycles. The van der Waals surface area contributed by atoms with Gasteiger partial charge in [0.15, 0.2) is 0 Å². The molecule has 1 aromatic rings. The van der Waals surface area contributed by atoms with E-state index in [1.54, 1.807) is 6.07 Å². The molecule has 0 aromatic heterocycles. The van der Waals surface area contributed by atoms with Gasteiger partial charge >= 0.3 is 47.9 Å². The Hall–Kier alpha value is 0.310. The average molecular weight is 234 g/mol. The van der Waals surface area contributed by atoms with E-state index in [2.05, 4.69) is 4.33 Å². The van der Waals surface area contributed by atoms with Crippen molar-refractivity contribution in [2.24, 2.45) is 0 Å². The van der Waals surface area contributed by atoms with E-state index in [1.165, 1.54) is 24.3 Å². The Bertz CT molecular complexity index is 322. The van der Waals surface area contributed by atoms with Crippen LogP contribution in [0.4, 0.5) is 0 Å². The van der Waals surface area contributed by atoms with Crippen LogP contribution in [0.5, 0.6) is 0 Å². The molecule has 1 aromatic carbocycles. The number of hydrogen-bond acceptors (Lipinski definition) is 4. The fourth-order valence-electron chi connectivity index (χ4n) is 0.630. The fraction of sp³-hybridized carbons (Fsp3) is 0. The van der Waals surface area contributed by atoms with Gasteiger partial charge in [0.2, 0.25) is 0 Å². The molecule has 0 heterocycles. The van der Waals surface area contributed by atoms with Gasteiger partial charge in [-0.1, -0.05) is 18.2 Å². The molecule has 0 aliphatic heterocycles. The van der Waals surface area contributed by atoms with Crippen molar-refractivity contribution in [3.05, 3.63) is 30.3 Å². The molecule has 0 saturated heterocycles. The molecule has 0 aliphatic rings. The van der Waals surface area contributed by atoms with E-state index in [9.17, 15) is 8.42 Å². The van der Waals surface area contributed by atoms with E-state index in [0.29, 0.717) is 0 Å². The van der Waals surface area contributed by atoms with Gasteiger partial charge in [0.25, 0.3) is 0 Å². The third-order valence-electron chi connectivity index (χ3n) is 1.13. The summed E-state index contributed by atoms with van der Waals surface area (Å²) >= 11 is 0. The van der Waals surface area contributed by atoms with Crippen LogP contribution in [-0.4, -0.2) is 56.9 Å². The van der Waals surface area contributed by atoms with Crippen molar-refractivity contribution in [1.82, 2.24) is 0 Å². The molecule has 0 atom stereocenters. The quantitative estimate of drug-likeness (QED) is 0.408. The summed E-state index contributed by atoms with van der Waals surface area (Å²) in [6, 6.07) is 7.38. The first-order valence-corrected chi connectivity index (χ1v) is 4.21. The van der Waals surface area contributed by atoms with Crippen LogP contribution in [0.15, 0.2) is 35.2 Å². The molecule has 7 heteroatoms. The third kappa shape index (κ3) is 4.37. The Balaban J connectivity index is 0. The third-order valence-corrected chi connectivity index (χ3v) is 2.18. The average Bonchev–Trinajstić information content (AvgIpc) is 2.06. The summed E-state index contributed by atoms with van der Waals surface area (Å²) in [5.74, 6) is 0. The van der Waals surface area contributed by atoms with Gasteiger partial charge in [-0.2, -0.15) is 8.42 Å². The molecule has 72 valence electrons. The monoisotopic (exact) mass is 234 g/mol. The van der Waals surface area contributed by atoms with E-state index in [0.717, 1.165) is 0 Å². The molecule has 3 N–H and O–H groups in total. The Morgan fingerprint density at radius 2 is 1.62 bits per heavy atom. The van der Waals surface area contributed by atoms with Gasteiger partial charge in [0.05, 0.1) is 4.90 Å². The Labute approximate surface area is 106 Å². The molecule has 0 spiro atoms. The molecule has 0 aliphatic carbocycles. The van der Waals surface area contributed by atoms with E-state index >= 15 is 0 Å². The first kappa shape index (κ1) is 15.8. The number of rotatable bonds is 2. The summed E-state index contributed by atoms with van der Waals surface area (Å²) < 4.78 is 24.8. The zero-order valence-electron chi connectivity index (χ0n) is 5.97. The van der Waals surface area contributed by atoms with Crippen LogP contribution in [0.25, 0.3) is 0 Å². The molecule has 0 unspecified atom stereocenters. The summed E-state index contributed by atoms with van der Waals surface area (Å²) in [6.45, 7) is 0. The standard InChI is InChI=1S/C6H6O4S.Ca.H2O.2H/c7-10-11(8,9)6-4-2-1-3-5-6;;;;/h1-5,7H;;1H2;;. The molecular formula is C6H10CaO5S. The van der Waals surface area contributed by atoms with Gasteiger partial charge in [-0.05, 0) is 12.1 Å². The van der Waals surface area contributed by atoms with E-state index < -0.39 is 10.1 Å². The van der Waals surface area contributed by atoms with Crippen molar-refractivity contribution in [2.45, 2.75) is 4.90 Å². The van der Waals surface area contributed by atoms with Gasteiger partial charge in [-0.25, -0.2) is 5.26 Å². The number of benzene rings is 1. The van der Waals surface area contributed by atoms with Crippen molar-refractivity contribution in [3.63, 3.8) is 0 Å². The Morgan fingerprint density at radius 1 is 1.15 bits per heavy atom. The zero-order valence-corrected chi connectivity index (χ0v) is 6.78. The van der Waals surface area contributed by atoms with Crippen molar-refractivity contribution in [2.75, 3.05) is 0 Å². The first-order valence-electron chi connectivity index (χ1n) is 2.80. The minimum absolute atomic E-state index is 0. The summed E-state index contributed by atoms with van der Waals surface area (Å²) in [6.07, 6.45) is 0. The molecule has 0 amide bonds. The Kier molecular flexibility index (Phi) is 8.15. The van der Waals surface area contributed by atoms with Gasteiger partial charge in [0, 0.05) is 0 Å². The predicted octanol–water partition coefficient (Wildman–Crippen LogP) is -0.876. The normalized spacial score (nSPS) is 9.62. The van der Waals surface area contributed by atoms with Crippen LogP contribution in [0, 0.1) is 0 Å². The Morgan fingerprint density at radius 3 is 2.00 bits per heavy atom. The van der Waals surface area contributed by atoms with Crippen molar-refractivity contribution >= 4 is 47.9 Å². The second-order valence-electron chi connectivity index (χ2n) is 1.84. The maximum absolute atomic E-state index is 10.7. The fourth-order valence-corrected chi connectivity index (χ4v) is 1.21. The summed E-state index contributed by atoms with van der Waals surface area (Å²) in [4.78, 5) is -0.0671. The van der Waals surface area contributed by atoms with Gasteiger partial charge in [0.1, 0.15) is 0 Å². The first-order chi connectivity index (χ1) is 5.17. The maximum atomic E-state index is 10.7. The molecule has 0 bridgehead atoms. The van der Waals surface area contributed by atoms with Crippen LogP contribution in [0.2, 0.25) is 0 Å². The second-order valence-corrected chi connectivity index (χ2v) is 3.37. The predicted molar refractivity (Wildman–Crippen MR) is 49.5 cm³/mol. The topological polar surface area (TPSA) is 95.1 Å². The van der Waals surface area contributed by atoms with Crippen LogP contribution < -0.4 is 0 Å². The van der Waals surface area contributed by atoms with Crippen LogP contribution in [0.1, 0.15) is 0 Å².